The molecule has 0 aliphatic carbocycles. The van der Waals surface area contributed by atoms with Crippen LogP contribution < -0.4 is 10.1 Å². The van der Waals surface area contributed by atoms with Gasteiger partial charge in [-0.25, -0.2) is 4.39 Å². The summed E-state index contributed by atoms with van der Waals surface area (Å²) in [6, 6.07) is 13.3. The fourth-order valence-corrected chi connectivity index (χ4v) is 2.38. The first-order valence-corrected chi connectivity index (χ1v) is 7.29. The summed E-state index contributed by atoms with van der Waals surface area (Å²) < 4.78 is 19.2. The second-order valence-corrected chi connectivity index (χ2v) is 5.13. The van der Waals surface area contributed by atoms with Gasteiger partial charge in [0.05, 0.1) is 7.11 Å². The normalized spacial score (nSPS) is 12.2. The minimum Gasteiger partial charge on any atom is -0.496 e. The van der Waals surface area contributed by atoms with E-state index in [4.69, 9.17) is 4.74 Å². The maximum atomic E-state index is 14.0. The van der Waals surface area contributed by atoms with E-state index in [1.165, 1.54) is 17.2 Å². The van der Waals surface area contributed by atoms with Crippen LogP contribution in [-0.4, -0.2) is 7.11 Å². The Morgan fingerprint density at radius 1 is 1.10 bits per heavy atom. The lowest BCUT2D eigenvalue weighted by atomic mass is 10.1. The predicted molar refractivity (Wildman–Crippen MR) is 84.0 cm³/mol. The summed E-state index contributed by atoms with van der Waals surface area (Å²) in [5, 5.41) is 3.35. The van der Waals surface area contributed by atoms with Crippen LogP contribution in [0.3, 0.4) is 0 Å². The van der Waals surface area contributed by atoms with E-state index < -0.39 is 0 Å². The molecule has 2 aromatic rings. The number of hydrogen-bond acceptors (Lipinski definition) is 2. The van der Waals surface area contributed by atoms with Gasteiger partial charge in [-0.3, -0.25) is 0 Å². The van der Waals surface area contributed by atoms with Crippen molar-refractivity contribution in [1.82, 2.24) is 5.32 Å². The van der Waals surface area contributed by atoms with Crippen LogP contribution in [0.2, 0.25) is 0 Å². The molecule has 0 fully saturated rings. The van der Waals surface area contributed by atoms with E-state index in [9.17, 15) is 4.39 Å². The van der Waals surface area contributed by atoms with Gasteiger partial charge in [0, 0.05) is 18.2 Å². The van der Waals surface area contributed by atoms with E-state index in [2.05, 4.69) is 36.5 Å². The largest absolute Gasteiger partial charge is 0.496 e. The van der Waals surface area contributed by atoms with Crippen LogP contribution in [-0.2, 0) is 13.0 Å². The Hall–Kier alpha value is -1.87. The first-order chi connectivity index (χ1) is 10.2. The van der Waals surface area contributed by atoms with Gasteiger partial charge in [0.15, 0.2) is 0 Å². The first kappa shape index (κ1) is 15.5. The summed E-state index contributed by atoms with van der Waals surface area (Å²) in [5.41, 5.74) is 3.09. The molecular weight excluding hydrogens is 265 g/mol. The van der Waals surface area contributed by atoms with Gasteiger partial charge >= 0.3 is 0 Å². The van der Waals surface area contributed by atoms with Gasteiger partial charge in [-0.15, -0.1) is 0 Å². The third-order valence-corrected chi connectivity index (χ3v) is 3.71. The van der Waals surface area contributed by atoms with Crippen LogP contribution in [0, 0.1) is 5.82 Å². The molecule has 0 aliphatic heterocycles. The van der Waals surface area contributed by atoms with Crippen molar-refractivity contribution in [2.45, 2.75) is 32.9 Å². The van der Waals surface area contributed by atoms with Crippen molar-refractivity contribution < 1.29 is 9.13 Å². The highest BCUT2D eigenvalue weighted by molar-refractivity contribution is 5.37. The molecule has 0 heterocycles. The van der Waals surface area contributed by atoms with Crippen molar-refractivity contribution in [3.63, 3.8) is 0 Å². The molecule has 0 spiro atoms. The average Bonchev–Trinajstić information content (AvgIpc) is 2.52. The van der Waals surface area contributed by atoms with Crippen LogP contribution in [0.15, 0.2) is 42.5 Å². The van der Waals surface area contributed by atoms with Crippen molar-refractivity contribution in [2.75, 3.05) is 7.11 Å². The van der Waals surface area contributed by atoms with Crippen LogP contribution >= 0.6 is 0 Å². The fraction of sp³-hybridized carbons (Fsp3) is 0.333. The molecule has 2 nitrogen and oxygen atoms in total. The Morgan fingerprint density at radius 2 is 1.76 bits per heavy atom. The molecule has 0 aromatic heterocycles. The van der Waals surface area contributed by atoms with Gasteiger partial charge in [-0.2, -0.15) is 0 Å². The molecule has 2 rings (SSSR count). The van der Waals surface area contributed by atoms with E-state index in [0.29, 0.717) is 17.9 Å². The molecule has 0 amide bonds. The minimum absolute atomic E-state index is 0.119. The molecule has 112 valence electrons. The third-order valence-electron chi connectivity index (χ3n) is 3.71. The second-order valence-electron chi connectivity index (χ2n) is 5.13. The van der Waals surface area contributed by atoms with Crippen molar-refractivity contribution in [1.29, 1.82) is 0 Å². The molecule has 1 atom stereocenters. The van der Waals surface area contributed by atoms with Gasteiger partial charge in [-0.05, 0) is 36.6 Å². The van der Waals surface area contributed by atoms with E-state index in [1.807, 2.05) is 6.92 Å². The zero-order valence-electron chi connectivity index (χ0n) is 12.8. The Morgan fingerprint density at radius 3 is 2.38 bits per heavy atom. The molecule has 1 N–H and O–H groups in total. The summed E-state index contributed by atoms with van der Waals surface area (Å²) in [6.07, 6.45) is 1.04. The van der Waals surface area contributed by atoms with E-state index in [0.717, 1.165) is 6.42 Å². The van der Waals surface area contributed by atoms with Crippen LogP contribution in [0.4, 0.5) is 4.39 Å². The second kappa shape index (κ2) is 7.23. The van der Waals surface area contributed by atoms with Gasteiger partial charge in [0.25, 0.3) is 0 Å². The first-order valence-electron chi connectivity index (χ1n) is 7.29. The molecule has 0 radical (unpaired) electrons. The number of hydrogen-bond donors (Lipinski definition) is 1. The lowest BCUT2D eigenvalue weighted by Crippen LogP contribution is -2.19. The zero-order chi connectivity index (χ0) is 15.2. The Bertz CT molecular complexity index is 580. The SMILES string of the molecule is CCc1ccc(CNC(C)c2c(F)cccc2OC)cc1. The number of rotatable bonds is 6. The van der Waals surface area contributed by atoms with Crippen molar-refractivity contribution in [3.8, 4) is 5.75 Å². The topological polar surface area (TPSA) is 21.3 Å². The molecule has 0 saturated carbocycles. The van der Waals surface area contributed by atoms with Crippen molar-refractivity contribution in [3.05, 3.63) is 65.0 Å². The van der Waals surface area contributed by atoms with Crippen LogP contribution in [0.5, 0.6) is 5.75 Å². The summed E-state index contributed by atoms with van der Waals surface area (Å²) in [7, 11) is 1.56. The molecule has 1 unspecified atom stereocenters. The number of methoxy groups -OCH3 is 1. The van der Waals surface area contributed by atoms with Crippen molar-refractivity contribution >= 4 is 0 Å². The number of halogens is 1. The number of benzene rings is 2. The van der Waals surface area contributed by atoms with Crippen LogP contribution in [0.25, 0.3) is 0 Å². The molecule has 0 saturated heterocycles. The van der Waals surface area contributed by atoms with Crippen molar-refractivity contribution in [2.24, 2.45) is 0 Å². The number of nitrogens with one attached hydrogen (secondary N) is 1. The summed E-state index contributed by atoms with van der Waals surface area (Å²) in [4.78, 5) is 0. The lowest BCUT2D eigenvalue weighted by molar-refractivity contribution is 0.393. The predicted octanol–water partition coefficient (Wildman–Crippen LogP) is 4.25. The van der Waals surface area contributed by atoms with Gasteiger partial charge < -0.3 is 10.1 Å². The summed E-state index contributed by atoms with van der Waals surface area (Å²) in [6.45, 7) is 4.78. The highest BCUT2D eigenvalue weighted by Gasteiger charge is 2.15. The maximum absolute atomic E-state index is 14.0. The molecule has 0 bridgehead atoms. The standard InChI is InChI=1S/C18H22FNO/c1-4-14-8-10-15(11-9-14)12-20-13(2)18-16(19)6-5-7-17(18)21-3/h5-11,13,20H,4,12H2,1-3H3. The summed E-state index contributed by atoms with van der Waals surface area (Å²) >= 11 is 0. The van der Waals surface area contributed by atoms with Crippen LogP contribution in [0.1, 0.15) is 36.6 Å². The Kier molecular flexibility index (Phi) is 5.34. The molecule has 0 aliphatic rings. The van der Waals surface area contributed by atoms with E-state index in [-0.39, 0.29) is 11.9 Å². The fourth-order valence-electron chi connectivity index (χ4n) is 2.38. The molecule has 21 heavy (non-hydrogen) atoms. The van der Waals surface area contributed by atoms with Gasteiger partial charge in [0.1, 0.15) is 11.6 Å². The molecule has 3 heteroatoms. The Labute approximate surface area is 126 Å². The highest BCUT2D eigenvalue weighted by atomic mass is 19.1. The van der Waals surface area contributed by atoms with E-state index >= 15 is 0 Å². The minimum atomic E-state index is -0.240. The third kappa shape index (κ3) is 3.82. The monoisotopic (exact) mass is 287 g/mol. The van der Waals surface area contributed by atoms with Gasteiger partial charge in [-0.1, -0.05) is 37.3 Å². The highest BCUT2D eigenvalue weighted by Crippen LogP contribution is 2.27. The maximum Gasteiger partial charge on any atom is 0.131 e. The quantitative estimate of drug-likeness (QED) is 0.857. The zero-order valence-corrected chi connectivity index (χ0v) is 12.8. The number of ether oxygens (including phenoxy) is 1. The Balaban J connectivity index is 2.06. The smallest absolute Gasteiger partial charge is 0.131 e. The molecule has 2 aromatic carbocycles. The summed E-state index contributed by atoms with van der Waals surface area (Å²) in [5.74, 6) is 0.340. The lowest BCUT2D eigenvalue weighted by Gasteiger charge is -2.18. The molecular formula is C18H22FNO. The average molecular weight is 287 g/mol. The number of aryl methyl sites for hydroxylation is 1. The van der Waals surface area contributed by atoms with Gasteiger partial charge in [0.2, 0.25) is 0 Å². The van der Waals surface area contributed by atoms with E-state index in [1.54, 1.807) is 19.2 Å².